The number of benzene rings is 1. The van der Waals surface area contributed by atoms with Gasteiger partial charge in [-0.25, -0.2) is 9.59 Å². The standard InChI is InChI=1S/C20H23NO6/c1-5-26-19(24)15-11(2)16(21-12(15)3)17(22)13(4)27-20(25)18(23)14-9-7-6-8-10-14/h6-10,13,18,21,23H,5H2,1-4H3/t13-,18-/m1/s1. The van der Waals surface area contributed by atoms with E-state index >= 15 is 0 Å². The van der Waals surface area contributed by atoms with Crippen molar-refractivity contribution in [2.24, 2.45) is 0 Å². The van der Waals surface area contributed by atoms with Gasteiger partial charge in [-0.05, 0) is 38.8 Å². The Morgan fingerprint density at radius 3 is 2.37 bits per heavy atom. The molecule has 2 N–H and O–H groups in total. The van der Waals surface area contributed by atoms with Gasteiger partial charge in [-0.15, -0.1) is 0 Å². The number of aliphatic hydroxyl groups is 1. The lowest BCUT2D eigenvalue weighted by molar-refractivity contribution is -0.156. The summed E-state index contributed by atoms with van der Waals surface area (Å²) in [6.45, 7) is 6.61. The molecule has 1 heterocycles. The number of carbonyl (C=O) groups excluding carboxylic acids is 3. The number of aliphatic hydroxyl groups excluding tert-OH is 1. The Bertz CT molecular complexity index is 840. The highest BCUT2D eigenvalue weighted by Crippen LogP contribution is 2.22. The number of esters is 2. The lowest BCUT2D eigenvalue weighted by Crippen LogP contribution is -2.28. The number of carbonyl (C=O) groups is 3. The van der Waals surface area contributed by atoms with Crippen LogP contribution in [0.5, 0.6) is 0 Å². The van der Waals surface area contributed by atoms with Gasteiger partial charge < -0.3 is 19.6 Å². The fraction of sp³-hybridized carbons (Fsp3) is 0.350. The number of ketones is 1. The van der Waals surface area contributed by atoms with E-state index in [4.69, 9.17) is 9.47 Å². The van der Waals surface area contributed by atoms with Gasteiger partial charge in [0.05, 0.1) is 17.9 Å². The van der Waals surface area contributed by atoms with Gasteiger partial charge in [0.2, 0.25) is 5.78 Å². The van der Waals surface area contributed by atoms with E-state index in [1.165, 1.54) is 6.92 Å². The zero-order chi connectivity index (χ0) is 20.1. The number of nitrogens with one attached hydrogen (secondary N) is 1. The summed E-state index contributed by atoms with van der Waals surface area (Å²) in [5.41, 5.74) is 1.77. The monoisotopic (exact) mass is 373 g/mol. The Kier molecular flexibility index (Phi) is 6.52. The van der Waals surface area contributed by atoms with Crippen LogP contribution >= 0.6 is 0 Å². The molecule has 2 aromatic rings. The molecule has 0 saturated heterocycles. The number of aryl methyl sites for hydroxylation is 1. The fourth-order valence-corrected chi connectivity index (χ4v) is 2.77. The van der Waals surface area contributed by atoms with Crippen molar-refractivity contribution in [2.45, 2.75) is 39.9 Å². The Morgan fingerprint density at radius 2 is 1.78 bits per heavy atom. The summed E-state index contributed by atoms with van der Waals surface area (Å²) >= 11 is 0. The zero-order valence-corrected chi connectivity index (χ0v) is 15.7. The molecule has 1 aromatic heterocycles. The molecule has 144 valence electrons. The minimum Gasteiger partial charge on any atom is -0.462 e. The van der Waals surface area contributed by atoms with Gasteiger partial charge in [0.1, 0.15) is 0 Å². The van der Waals surface area contributed by atoms with Gasteiger partial charge in [0, 0.05) is 5.69 Å². The molecule has 0 radical (unpaired) electrons. The molecule has 1 aromatic carbocycles. The van der Waals surface area contributed by atoms with Crippen LogP contribution in [-0.2, 0) is 14.3 Å². The molecule has 0 fully saturated rings. The summed E-state index contributed by atoms with van der Waals surface area (Å²) in [6, 6.07) is 8.29. The van der Waals surface area contributed by atoms with Crippen LogP contribution in [0.3, 0.4) is 0 Å². The SMILES string of the molecule is CCOC(=O)c1c(C)[nH]c(C(=O)[C@@H](C)OC(=O)[C@H](O)c2ccccc2)c1C. The van der Waals surface area contributed by atoms with Gasteiger partial charge in [-0.2, -0.15) is 0 Å². The van der Waals surface area contributed by atoms with E-state index in [2.05, 4.69) is 4.98 Å². The van der Waals surface area contributed by atoms with E-state index in [0.717, 1.165) is 0 Å². The van der Waals surface area contributed by atoms with Crippen LogP contribution in [0.2, 0.25) is 0 Å². The molecule has 0 bridgehead atoms. The number of aromatic amines is 1. The third-order valence-corrected chi connectivity index (χ3v) is 4.16. The number of aromatic nitrogens is 1. The molecule has 0 aliphatic carbocycles. The lowest BCUT2D eigenvalue weighted by Gasteiger charge is -2.15. The average molecular weight is 373 g/mol. The van der Waals surface area contributed by atoms with E-state index in [-0.39, 0.29) is 12.3 Å². The highest BCUT2D eigenvalue weighted by molar-refractivity contribution is 6.04. The highest BCUT2D eigenvalue weighted by atomic mass is 16.6. The van der Waals surface area contributed by atoms with Gasteiger partial charge in [-0.1, -0.05) is 30.3 Å². The Hall–Kier alpha value is -2.93. The molecule has 0 aliphatic rings. The molecule has 0 aliphatic heterocycles. The van der Waals surface area contributed by atoms with Gasteiger partial charge in [0.25, 0.3) is 0 Å². The van der Waals surface area contributed by atoms with Crippen molar-refractivity contribution >= 4 is 17.7 Å². The van der Waals surface area contributed by atoms with Crippen molar-refractivity contribution in [1.29, 1.82) is 0 Å². The van der Waals surface area contributed by atoms with Crippen LogP contribution in [-0.4, -0.2) is 40.5 Å². The van der Waals surface area contributed by atoms with E-state index in [1.807, 2.05) is 0 Å². The second kappa shape index (κ2) is 8.64. The first-order valence-corrected chi connectivity index (χ1v) is 8.61. The summed E-state index contributed by atoms with van der Waals surface area (Å²) in [5, 5.41) is 10.1. The number of ether oxygens (including phenoxy) is 2. The van der Waals surface area contributed by atoms with Gasteiger partial charge in [-0.3, -0.25) is 4.79 Å². The normalized spacial score (nSPS) is 12.9. The first-order chi connectivity index (χ1) is 12.8. The molecule has 0 unspecified atom stereocenters. The minimum atomic E-state index is -1.48. The summed E-state index contributed by atoms with van der Waals surface area (Å²) in [7, 11) is 0. The van der Waals surface area contributed by atoms with Crippen molar-refractivity contribution in [3.63, 3.8) is 0 Å². The number of hydrogen-bond donors (Lipinski definition) is 2. The van der Waals surface area contributed by atoms with E-state index in [0.29, 0.717) is 22.4 Å². The van der Waals surface area contributed by atoms with Crippen LogP contribution < -0.4 is 0 Å². The molecule has 7 heteroatoms. The summed E-state index contributed by atoms with van der Waals surface area (Å²) in [5.74, 6) is -1.94. The molecule has 2 atom stereocenters. The smallest absolute Gasteiger partial charge is 0.340 e. The van der Waals surface area contributed by atoms with Crippen LogP contribution in [0, 0.1) is 13.8 Å². The number of H-pyrrole nitrogens is 1. The third-order valence-electron chi connectivity index (χ3n) is 4.16. The van der Waals surface area contributed by atoms with E-state index in [9.17, 15) is 19.5 Å². The quantitative estimate of drug-likeness (QED) is 0.571. The van der Waals surface area contributed by atoms with Crippen molar-refractivity contribution in [2.75, 3.05) is 6.61 Å². The first-order valence-electron chi connectivity index (χ1n) is 8.61. The van der Waals surface area contributed by atoms with Crippen LogP contribution in [0.1, 0.15) is 57.6 Å². The molecular formula is C20H23NO6. The highest BCUT2D eigenvalue weighted by Gasteiger charge is 2.29. The number of Topliss-reactive ketones (excluding diaryl/α,β-unsaturated/α-hetero) is 1. The maximum Gasteiger partial charge on any atom is 0.340 e. The van der Waals surface area contributed by atoms with Gasteiger partial charge >= 0.3 is 11.9 Å². The predicted molar refractivity (Wildman–Crippen MR) is 97.5 cm³/mol. The number of rotatable bonds is 7. The molecule has 27 heavy (non-hydrogen) atoms. The van der Waals surface area contributed by atoms with Crippen molar-refractivity contribution in [3.8, 4) is 0 Å². The predicted octanol–water partition coefficient (Wildman–Crippen LogP) is 2.66. The first kappa shape index (κ1) is 20.4. The van der Waals surface area contributed by atoms with Crippen molar-refractivity contribution < 1.29 is 29.0 Å². The Balaban J connectivity index is 2.14. The molecular weight excluding hydrogens is 350 g/mol. The molecule has 0 saturated carbocycles. The van der Waals surface area contributed by atoms with Crippen LogP contribution in [0.15, 0.2) is 30.3 Å². The van der Waals surface area contributed by atoms with Crippen molar-refractivity contribution in [3.05, 3.63) is 58.4 Å². The molecule has 7 nitrogen and oxygen atoms in total. The number of hydrogen-bond acceptors (Lipinski definition) is 6. The van der Waals surface area contributed by atoms with Crippen LogP contribution in [0.25, 0.3) is 0 Å². The minimum absolute atomic E-state index is 0.171. The molecule has 0 amide bonds. The van der Waals surface area contributed by atoms with Crippen molar-refractivity contribution in [1.82, 2.24) is 4.98 Å². The van der Waals surface area contributed by atoms with Crippen LogP contribution in [0.4, 0.5) is 0 Å². The van der Waals surface area contributed by atoms with Gasteiger partial charge in [0.15, 0.2) is 12.2 Å². The summed E-state index contributed by atoms with van der Waals surface area (Å²) in [6.07, 6.45) is -2.62. The largest absolute Gasteiger partial charge is 0.462 e. The Labute approximate surface area is 157 Å². The van der Waals surface area contributed by atoms with E-state index < -0.39 is 29.9 Å². The zero-order valence-electron chi connectivity index (χ0n) is 15.7. The maximum absolute atomic E-state index is 12.7. The molecule has 0 spiro atoms. The summed E-state index contributed by atoms with van der Waals surface area (Å²) in [4.78, 5) is 39.7. The third kappa shape index (κ3) is 4.43. The summed E-state index contributed by atoms with van der Waals surface area (Å²) < 4.78 is 10.1. The topological polar surface area (TPSA) is 106 Å². The fourth-order valence-electron chi connectivity index (χ4n) is 2.77. The maximum atomic E-state index is 12.7. The Morgan fingerprint density at radius 1 is 1.15 bits per heavy atom. The second-order valence-electron chi connectivity index (χ2n) is 6.10. The average Bonchev–Trinajstić information content (AvgIpc) is 2.95. The van der Waals surface area contributed by atoms with E-state index in [1.54, 1.807) is 51.1 Å². The lowest BCUT2D eigenvalue weighted by atomic mass is 10.1. The second-order valence-corrected chi connectivity index (χ2v) is 6.10. The molecule has 2 rings (SSSR count).